The van der Waals surface area contributed by atoms with Crippen LogP contribution in [-0.4, -0.2) is 37.3 Å². The van der Waals surface area contributed by atoms with Gasteiger partial charge in [0, 0.05) is 42.5 Å². The molecule has 0 bridgehead atoms. The summed E-state index contributed by atoms with van der Waals surface area (Å²) in [5.74, 6) is 1.07. The molecule has 1 aliphatic rings. The number of rotatable bonds is 3. The van der Waals surface area contributed by atoms with E-state index < -0.39 is 0 Å². The van der Waals surface area contributed by atoms with Crippen LogP contribution in [0.4, 0.5) is 5.82 Å². The van der Waals surface area contributed by atoms with Gasteiger partial charge in [0.05, 0.1) is 6.10 Å². The molecule has 1 aliphatic heterocycles. The molecular weight excluding hydrogens is 258 g/mol. The maximum absolute atomic E-state index is 5.94. The third-order valence-electron chi connectivity index (χ3n) is 3.90. The van der Waals surface area contributed by atoms with Crippen molar-refractivity contribution >= 4 is 27.2 Å². The molecule has 0 amide bonds. The summed E-state index contributed by atoms with van der Waals surface area (Å²) in [5.41, 5.74) is 5.94. The number of hydrogen-bond donors (Lipinski definition) is 1. The maximum Gasteiger partial charge on any atom is 0.137 e. The molecule has 2 aromatic rings. The van der Waals surface area contributed by atoms with Crippen molar-refractivity contribution in [3.8, 4) is 0 Å². The second kappa shape index (κ2) is 5.45. The molecule has 0 saturated carbocycles. The number of fused-ring (bicyclic) bond motifs is 1. The van der Waals surface area contributed by atoms with Crippen LogP contribution in [-0.2, 0) is 4.74 Å². The molecule has 2 N–H and O–H groups in total. The quantitative estimate of drug-likeness (QED) is 0.935. The van der Waals surface area contributed by atoms with Gasteiger partial charge in [-0.25, -0.2) is 4.98 Å². The Balaban J connectivity index is 1.94. The van der Waals surface area contributed by atoms with Gasteiger partial charge in [-0.1, -0.05) is 0 Å². The predicted molar refractivity (Wildman–Crippen MR) is 79.8 cm³/mol. The van der Waals surface area contributed by atoms with E-state index in [1.807, 2.05) is 6.20 Å². The number of aromatic nitrogens is 1. The first kappa shape index (κ1) is 12.8. The molecule has 3 rings (SSSR count). The van der Waals surface area contributed by atoms with Crippen molar-refractivity contribution in [2.24, 2.45) is 5.73 Å². The zero-order valence-electron chi connectivity index (χ0n) is 11.1. The number of ether oxygens (including phenoxy) is 1. The highest BCUT2D eigenvalue weighted by Crippen LogP contribution is 2.32. The van der Waals surface area contributed by atoms with Gasteiger partial charge in [0.1, 0.15) is 5.82 Å². The monoisotopic (exact) mass is 277 g/mol. The summed E-state index contributed by atoms with van der Waals surface area (Å²) in [6.07, 6.45) is 4.24. The van der Waals surface area contributed by atoms with E-state index in [2.05, 4.69) is 27.4 Å². The van der Waals surface area contributed by atoms with Gasteiger partial charge in [-0.05, 0) is 30.4 Å². The first-order chi connectivity index (χ1) is 9.33. The Labute approximate surface area is 117 Å². The second-order valence-electron chi connectivity index (χ2n) is 4.93. The molecule has 4 nitrogen and oxygen atoms in total. The molecule has 0 aliphatic carbocycles. The predicted octanol–water partition coefficient (Wildman–Crippen LogP) is 2.24. The van der Waals surface area contributed by atoms with Gasteiger partial charge >= 0.3 is 0 Å². The molecule has 1 fully saturated rings. The lowest BCUT2D eigenvalue weighted by molar-refractivity contribution is 0.0708. The van der Waals surface area contributed by atoms with Crippen molar-refractivity contribution < 1.29 is 4.74 Å². The summed E-state index contributed by atoms with van der Waals surface area (Å²) in [4.78, 5) is 6.94. The van der Waals surface area contributed by atoms with Crippen molar-refractivity contribution in [3.63, 3.8) is 0 Å². The summed E-state index contributed by atoms with van der Waals surface area (Å²) < 4.78 is 6.77. The molecule has 2 atom stereocenters. The van der Waals surface area contributed by atoms with E-state index in [0.29, 0.717) is 18.7 Å². The van der Waals surface area contributed by atoms with Gasteiger partial charge in [0.15, 0.2) is 0 Å². The standard InChI is InChI=1S/C14H19N3OS/c1-18-11-3-6-17(10(8-11)9-15)14-12-4-7-19-13(12)2-5-16-14/h2,4-5,7,10-11H,3,6,8-9,15H2,1H3. The molecule has 5 heteroatoms. The molecule has 3 heterocycles. The van der Waals surface area contributed by atoms with Crippen LogP contribution in [0.3, 0.4) is 0 Å². The summed E-state index contributed by atoms with van der Waals surface area (Å²) in [7, 11) is 1.78. The van der Waals surface area contributed by atoms with Crippen LogP contribution in [0.2, 0.25) is 0 Å². The lowest BCUT2D eigenvalue weighted by Gasteiger charge is -2.39. The number of nitrogens with two attached hydrogens (primary N) is 1. The van der Waals surface area contributed by atoms with Crippen molar-refractivity contribution in [1.82, 2.24) is 4.98 Å². The molecular formula is C14H19N3OS. The zero-order chi connectivity index (χ0) is 13.2. The largest absolute Gasteiger partial charge is 0.381 e. The SMILES string of the molecule is COC1CCN(c2nccc3sccc23)C(CN)C1. The Morgan fingerprint density at radius 2 is 2.42 bits per heavy atom. The summed E-state index contributed by atoms with van der Waals surface area (Å²) in [6, 6.07) is 4.54. The van der Waals surface area contributed by atoms with Gasteiger partial charge in [-0.2, -0.15) is 0 Å². The lowest BCUT2D eigenvalue weighted by Crippen LogP contribution is -2.49. The first-order valence-corrected chi connectivity index (χ1v) is 7.53. The normalized spacial score (nSPS) is 24.0. The van der Waals surface area contributed by atoms with Gasteiger partial charge in [-0.15, -0.1) is 11.3 Å². The maximum atomic E-state index is 5.94. The number of thiophene rings is 1. The Morgan fingerprint density at radius 3 is 3.21 bits per heavy atom. The fourth-order valence-electron chi connectivity index (χ4n) is 2.84. The number of pyridine rings is 1. The lowest BCUT2D eigenvalue weighted by atomic mass is 9.99. The van der Waals surface area contributed by atoms with Gasteiger partial charge in [0.2, 0.25) is 0 Å². The van der Waals surface area contributed by atoms with Crippen LogP contribution in [0, 0.1) is 0 Å². The van der Waals surface area contributed by atoms with E-state index in [9.17, 15) is 0 Å². The van der Waals surface area contributed by atoms with Crippen molar-refractivity contribution in [3.05, 3.63) is 23.7 Å². The minimum Gasteiger partial charge on any atom is -0.381 e. The topological polar surface area (TPSA) is 51.4 Å². The van der Waals surface area contributed by atoms with E-state index in [1.54, 1.807) is 18.4 Å². The third-order valence-corrected chi connectivity index (χ3v) is 4.79. The molecule has 2 unspecified atom stereocenters. The van der Waals surface area contributed by atoms with Crippen LogP contribution in [0.1, 0.15) is 12.8 Å². The van der Waals surface area contributed by atoms with Gasteiger partial charge in [-0.3, -0.25) is 0 Å². The van der Waals surface area contributed by atoms with E-state index in [0.717, 1.165) is 25.2 Å². The zero-order valence-corrected chi connectivity index (χ0v) is 11.9. The van der Waals surface area contributed by atoms with E-state index in [-0.39, 0.29) is 0 Å². The van der Waals surface area contributed by atoms with E-state index in [1.165, 1.54) is 10.1 Å². The smallest absolute Gasteiger partial charge is 0.137 e. The summed E-state index contributed by atoms with van der Waals surface area (Å²) >= 11 is 1.76. The summed E-state index contributed by atoms with van der Waals surface area (Å²) in [5, 5.41) is 3.36. The molecule has 2 aromatic heterocycles. The fraction of sp³-hybridized carbons (Fsp3) is 0.500. The number of piperidine rings is 1. The Kier molecular flexibility index (Phi) is 3.68. The Hall–Kier alpha value is -1.17. The van der Waals surface area contributed by atoms with Crippen molar-refractivity contribution in [2.75, 3.05) is 25.1 Å². The number of methoxy groups -OCH3 is 1. The summed E-state index contributed by atoms with van der Waals surface area (Å²) in [6.45, 7) is 1.60. The fourth-order valence-corrected chi connectivity index (χ4v) is 3.62. The van der Waals surface area contributed by atoms with Gasteiger partial charge < -0.3 is 15.4 Å². The van der Waals surface area contributed by atoms with Crippen LogP contribution in [0.5, 0.6) is 0 Å². The minimum atomic E-state index is 0.316. The number of anilines is 1. The molecule has 0 radical (unpaired) electrons. The third kappa shape index (κ3) is 2.33. The first-order valence-electron chi connectivity index (χ1n) is 6.65. The van der Waals surface area contributed by atoms with E-state index >= 15 is 0 Å². The molecule has 102 valence electrons. The van der Waals surface area contributed by atoms with Crippen LogP contribution in [0.25, 0.3) is 10.1 Å². The molecule has 0 spiro atoms. The average molecular weight is 277 g/mol. The highest BCUT2D eigenvalue weighted by molar-refractivity contribution is 7.17. The average Bonchev–Trinajstić information content (AvgIpc) is 2.95. The molecule has 19 heavy (non-hydrogen) atoms. The van der Waals surface area contributed by atoms with Gasteiger partial charge in [0.25, 0.3) is 0 Å². The number of hydrogen-bond acceptors (Lipinski definition) is 5. The van der Waals surface area contributed by atoms with E-state index in [4.69, 9.17) is 10.5 Å². The van der Waals surface area contributed by atoms with Crippen LogP contribution >= 0.6 is 11.3 Å². The molecule has 1 saturated heterocycles. The van der Waals surface area contributed by atoms with Crippen molar-refractivity contribution in [2.45, 2.75) is 25.0 Å². The Bertz CT molecular complexity index is 556. The van der Waals surface area contributed by atoms with Crippen LogP contribution < -0.4 is 10.6 Å². The Morgan fingerprint density at radius 1 is 1.53 bits per heavy atom. The number of nitrogens with zero attached hydrogens (tertiary/aromatic N) is 2. The minimum absolute atomic E-state index is 0.316. The highest BCUT2D eigenvalue weighted by Gasteiger charge is 2.29. The molecule has 0 aromatic carbocycles. The van der Waals surface area contributed by atoms with Crippen molar-refractivity contribution in [1.29, 1.82) is 0 Å². The van der Waals surface area contributed by atoms with Crippen LogP contribution in [0.15, 0.2) is 23.7 Å². The highest BCUT2D eigenvalue weighted by atomic mass is 32.1. The second-order valence-corrected chi connectivity index (χ2v) is 5.88.